The normalized spacial score (nSPS) is 6.50. The van der Waals surface area contributed by atoms with Gasteiger partial charge < -0.3 is 21.2 Å². The molecule has 4 nitrogen and oxygen atoms in total. The van der Waals surface area contributed by atoms with Crippen molar-refractivity contribution in [3.63, 3.8) is 0 Å². The summed E-state index contributed by atoms with van der Waals surface area (Å²) in [7, 11) is 0. The Labute approximate surface area is 127 Å². The minimum Gasteiger partial charge on any atom is -0.412 e. The largest absolute Gasteiger partial charge is 3.00 e. The van der Waals surface area contributed by atoms with Crippen LogP contribution in [0.4, 0.5) is 0 Å². The molecule has 0 spiro atoms. The molecule has 0 saturated heterocycles. The predicted octanol–water partition coefficient (Wildman–Crippen LogP) is -0.987. The van der Waals surface area contributed by atoms with Gasteiger partial charge in [0.2, 0.25) is 0 Å². The summed E-state index contributed by atoms with van der Waals surface area (Å²) < 4.78 is 0. The van der Waals surface area contributed by atoms with Crippen molar-refractivity contribution in [2.45, 2.75) is 6.29 Å². The first-order valence-electron chi connectivity index (χ1n) is 2.72. The molecule has 0 atom stereocenters. The van der Waals surface area contributed by atoms with Crippen LogP contribution in [-0.2, 0) is 65.2 Å². The van der Waals surface area contributed by atoms with E-state index in [1.807, 2.05) is 6.07 Å². The first kappa shape index (κ1) is 29.5. The van der Waals surface area contributed by atoms with Crippen LogP contribution in [-0.4, -0.2) is 21.2 Å². The van der Waals surface area contributed by atoms with Crippen molar-refractivity contribution >= 4 is 0 Å². The average molecular weight is 304 g/mol. The molecule has 1 aromatic carbocycles. The molecule has 1 rings (SSSR count). The van der Waals surface area contributed by atoms with Crippen molar-refractivity contribution in [2.24, 2.45) is 0 Å². The van der Waals surface area contributed by atoms with Crippen LogP contribution in [0.3, 0.4) is 0 Å². The summed E-state index contributed by atoms with van der Waals surface area (Å²) in [6.07, 6.45) is -1.34. The van der Waals surface area contributed by atoms with Gasteiger partial charge in [-0.05, 0) is 0 Å². The predicted molar refractivity (Wildman–Crippen MR) is 40.8 cm³/mol. The molecule has 0 aliphatic carbocycles. The Balaban J connectivity index is -0.0000000540. The van der Waals surface area contributed by atoms with Gasteiger partial charge in [0.1, 0.15) is 0 Å². The van der Waals surface area contributed by atoms with Crippen molar-refractivity contribution in [1.82, 2.24) is 0 Å². The van der Waals surface area contributed by atoms with Gasteiger partial charge in [-0.25, -0.2) is 0 Å². The van der Waals surface area contributed by atoms with Crippen LogP contribution in [0.5, 0.6) is 0 Å². The summed E-state index contributed by atoms with van der Waals surface area (Å²) in [6.45, 7) is 0. The van der Waals surface area contributed by atoms with Gasteiger partial charge in [0.25, 0.3) is 0 Å². The molecular weight excluding hydrogens is 292 g/mol. The van der Waals surface area contributed by atoms with Crippen LogP contribution >= 0.6 is 0 Å². The van der Waals surface area contributed by atoms with E-state index in [9.17, 15) is 0 Å². The molecule has 0 heterocycles. The van der Waals surface area contributed by atoms with Crippen LogP contribution in [0.15, 0.2) is 30.3 Å². The first-order valence-corrected chi connectivity index (χ1v) is 2.72. The molecule has 0 bridgehead atoms. The Morgan fingerprint density at radius 1 is 0.857 bits per heavy atom. The summed E-state index contributed by atoms with van der Waals surface area (Å²) in [5.74, 6) is 0. The Morgan fingerprint density at radius 3 is 1.43 bits per heavy atom. The molecule has 0 aromatic heterocycles. The Morgan fingerprint density at radius 2 is 1.21 bits per heavy atom. The number of aliphatic hydroxyl groups is 2. The molecule has 14 heavy (non-hydrogen) atoms. The standard InChI is InChI=1S/C7H8O2.2H2O.3Ti/c8-7(9)6-4-2-1-3-5-6;;;;;/h1-5,7-9H;2*1H2;;;/q;;;;2*+3. The van der Waals surface area contributed by atoms with E-state index in [1.165, 1.54) is 0 Å². The molecule has 2 radical (unpaired) electrons. The second-order valence-corrected chi connectivity index (χ2v) is 1.78. The van der Waals surface area contributed by atoms with Crippen LogP contribution in [0.1, 0.15) is 11.9 Å². The first-order chi connectivity index (χ1) is 4.30. The van der Waals surface area contributed by atoms with E-state index >= 15 is 0 Å². The van der Waals surface area contributed by atoms with Gasteiger partial charge in [-0.1, -0.05) is 30.3 Å². The summed E-state index contributed by atoms with van der Waals surface area (Å²) in [6, 6.07) is 8.66. The smallest absolute Gasteiger partial charge is 0.412 e. The third-order valence-electron chi connectivity index (χ3n) is 1.10. The maximum absolute atomic E-state index is 8.58. The van der Waals surface area contributed by atoms with E-state index in [0.717, 1.165) is 0 Å². The number of hydrogen-bond acceptors (Lipinski definition) is 2. The number of benzene rings is 1. The molecule has 0 fully saturated rings. The third-order valence-corrected chi connectivity index (χ3v) is 1.10. The van der Waals surface area contributed by atoms with Crippen molar-refractivity contribution in [2.75, 3.05) is 0 Å². The summed E-state index contributed by atoms with van der Waals surface area (Å²) in [4.78, 5) is 0. The van der Waals surface area contributed by atoms with Gasteiger partial charge in [-0.3, -0.25) is 0 Å². The molecule has 0 saturated carbocycles. The van der Waals surface area contributed by atoms with Gasteiger partial charge >= 0.3 is 43.4 Å². The van der Waals surface area contributed by atoms with Crippen LogP contribution in [0, 0.1) is 0 Å². The topological polar surface area (TPSA) is 103 Å². The molecule has 70 valence electrons. The number of rotatable bonds is 1. The van der Waals surface area contributed by atoms with Crippen LogP contribution in [0.25, 0.3) is 0 Å². The van der Waals surface area contributed by atoms with Crippen molar-refractivity contribution in [3.05, 3.63) is 35.9 Å². The second-order valence-electron chi connectivity index (χ2n) is 1.78. The summed E-state index contributed by atoms with van der Waals surface area (Å²) in [5, 5.41) is 17.2. The van der Waals surface area contributed by atoms with E-state index in [2.05, 4.69) is 0 Å². The Hall–Kier alpha value is 1.20. The van der Waals surface area contributed by atoms with Gasteiger partial charge in [-0.15, -0.1) is 0 Å². The summed E-state index contributed by atoms with van der Waals surface area (Å²) in [5.41, 5.74) is 0.525. The minimum atomic E-state index is -1.34. The minimum absolute atomic E-state index is 0. The fraction of sp³-hybridized carbons (Fsp3) is 0.143. The summed E-state index contributed by atoms with van der Waals surface area (Å²) >= 11 is 0. The molecule has 0 aliphatic heterocycles. The quantitative estimate of drug-likeness (QED) is 0.514. The molecule has 0 unspecified atom stereocenters. The van der Waals surface area contributed by atoms with Gasteiger partial charge in [0.15, 0.2) is 6.29 Å². The Kier molecular flexibility index (Phi) is 35.0. The zero-order valence-electron chi connectivity index (χ0n) is 7.36. The maximum atomic E-state index is 8.58. The SMILES string of the molecule is O.O.OC(O)c1ccccc1.[Ti+3].[Ti+3].[Ti]. The Bertz CT molecular complexity index is 184. The molecule has 0 amide bonds. The molecular formula is C7H12O4Ti3+6. The van der Waals surface area contributed by atoms with E-state index in [0.29, 0.717) is 5.56 Å². The number of aliphatic hydroxyl groups excluding tert-OH is 1. The van der Waals surface area contributed by atoms with Gasteiger partial charge in [0, 0.05) is 27.3 Å². The molecule has 0 aliphatic rings. The van der Waals surface area contributed by atoms with Crippen LogP contribution in [0.2, 0.25) is 0 Å². The fourth-order valence-electron chi connectivity index (χ4n) is 0.625. The van der Waals surface area contributed by atoms with E-state index in [-0.39, 0.29) is 76.1 Å². The van der Waals surface area contributed by atoms with E-state index < -0.39 is 6.29 Å². The zero-order valence-corrected chi connectivity index (χ0v) is 12.0. The number of hydrogen-bond donors (Lipinski definition) is 2. The zero-order chi connectivity index (χ0) is 6.69. The van der Waals surface area contributed by atoms with E-state index in [4.69, 9.17) is 10.2 Å². The average Bonchev–Trinajstić information content (AvgIpc) is 1.90. The van der Waals surface area contributed by atoms with Gasteiger partial charge in [0.05, 0.1) is 0 Å². The third kappa shape index (κ3) is 11.3. The molecule has 7 heteroatoms. The van der Waals surface area contributed by atoms with Crippen LogP contribution < -0.4 is 0 Å². The van der Waals surface area contributed by atoms with Crippen molar-refractivity contribution in [1.29, 1.82) is 0 Å². The molecule has 6 N–H and O–H groups in total. The molecule has 1 aromatic rings. The maximum Gasteiger partial charge on any atom is 3.00 e. The monoisotopic (exact) mass is 304 g/mol. The van der Waals surface area contributed by atoms with Crippen molar-refractivity contribution in [3.8, 4) is 0 Å². The van der Waals surface area contributed by atoms with E-state index in [1.54, 1.807) is 24.3 Å². The van der Waals surface area contributed by atoms with Crippen molar-refractivity contribution < 1.29 is 86.3 Å². The van der Waals surface area contributed by atoms with Gasteiger partial charge in [-0.2, -0.15) is 0 Å². The second kappa shape index (κ2) is 16.6. The fourth-order valence-corrected chi connectivity index (χ4v) is 0.625.